The maximum absolute atomic E-state index is 12.5. The summed E-state index contributed by atoms with van der Waals surface area (Å²) in [7, 11) is -3.38. The Bertz CT molecular complexity index is 729. The largest absolute Gasteiger partial charge is 0.338 e. The van der Waals surface area contributed by atoms with Crippen molar-refractivity contribution < 1.29 is 12.9 Å². The zero-order valence-electron chi connectivity index (χ0n) is 12.9. The average molecular weight is 328 g/mol. The molecule has 0 spiro atoms. The van der Waals surface area contributed by atoms with Gasteiger partial charge < -0.3 is 4.52 Å². The van der Waals surface area contributed by atoms with Crippen LogP contribution in [0.25, 0.3) is 0 Å². The van der Waals surface area contributed by atoms with Crippen LogP contribution in [0.2, 0.25) is 0 Å². The third kappa shape index (κ3) is 3.52. The zero-order chi connectivity index (χ0) is 15.8. The van der Waals surface area contributed by atoms with Crippen LogP contribution in [0.15, 0.2) is 10.6 Å². The standard InChI is InChI=1S/C14H20N2O3S2/c1-8(2)13-15-14(19-16-13)11(5)21(17,18)7-12-6-9(3)20-10(12)4/h6,8,11H,7H2,1-5H3/t11-/m0/s1. The molecule has 2 rings (SSSR count). The number of aryl methyl sites for hydroxylation is 2. The van der Waals surface area contributed by atoms with Crippen LogP contribution in [0.1, 0.15) is 59.0 Å². The second-order valence-electron chi connectivity index (χ2n) is 5.53. The van der Waals surface area contributed by atoms with E-state index in [-0.39, 0.29) is 17.6 Å². The number of hydrogen-bond acceptors (Lipinski definition) is 6. The highest BCUT2D eigenvalue weighted by Crippen LogP contribution is 2.29. The molecule has 7 heteroatoms. The number of aromatic nitrogens is 2. The lowest BCUT2D eigenvalue weighted by Crippen LogP contribution is -2.13. The van der Waals surface area contributed by atoms with Gasteiger partial charge in [-0.3, -0.25) is 0 Å². The van der Waals surface area contributed by atoms with Crippen molar-refractivity contribution in [3.63, 3.8) is 0 Å². The molecule has 0 aliphatic carbocycles. The monoisotopic (exact) mass is 328 g/mol. The Balaban J connectivity index is 2.23. The minimum Gasteiger partial charge on any atom is -0.338 e. The van der Waals surface area contributed by atoms with Gasteiger partial charge in [0.1, 0.15) is 5.25 Å². The van der Waals surface area contributed by atoms with Crippen LogP contribution >= 0.6 is 11.3 Å². The second kappa shape index (κ2) is 5.88. The summed E-state index contributed by atoms with van der Waals surface area (Å²) in [4.78, 5) is 6.35. The lowest BCUT2D eigenvalue weighted by atomic mass is 10.2. The molecule has 0 N–H and O–H groups in total. The van der Waals surface area contributed by atoms with Crippen LogP contribution in [0.5, 0.6) is 0 Å². The molecule has 0 fully saturated rings. The van der Waals surface area contributed by atoms with E-state index in [0.717, 1.165) is 15.3 Å². The Morgan fingerprint density at radius 2 is 1.95 bits per heavy atom. The lowest BCUT2D eigenvalue weighted by Gasteiger charge is -2.08. The summed E-state index contributed by atoms with van der Waals surface area (Å²) in [5, 5.41) is 3.04. The van der Waals surface area contributed by atoms with E-state index in [0.29, 0.717) is 5.82 Å². The molecule has 0 aliphatic heterocycles. The third-order valence-corrected chi connectivity index (χ3v) is 6.36. The van der Waals surface area contributed by atoms with E-state index in [1.54, 1.807) is 18.3 Å². The summed E-state index contributed by atoms with van der Waals surface area (Å²) >= 11 is 1.61. The van der Waals surface area contributed by atoms with Crippen LogP contribution < -0.4 is 0 Å². The molecule has 21 heavy (non-hydrogen) atoms. The molecular weight excluding hydrogens is 308 g/mol. The van der Waals surface area contributed by atoms with Gasteiger partial charge in [0.05, 0.1) is 5.75 Å². The predicted molar refractivity (Wildman–Crippen MR) is 83.2 cm³/mol. The van der Waals surface area contributed by atoms with Crippen molar-refractivity contribution in [1.29, 1.82) is 0 Å². The van der Waals surface area contributed by atoms with E-state index in [2.05, 4.69) is 10.1 Å². The van der Waals surface area contributed by atoms with Gasteiger partial charge >= 0.3 is 0 Å². The second-order valence-corrected chi connectivity index (χ2v) is 9.32. The molecule has 0 aliphatic rings. The molecule has 0 amide bonds. The lowest BCUT2D eigenvalue weighted by molar-refractivity contribution is 0.369. The Morgan fingerprint density at radius 1 is 1.29 bits per heavy atom. The number of rotatable bonds is 5. The van der Waals surface area contributed by atoms with Crippen molar-refractivity contribution in [3.8, 4) is 0 Å². The van der Waals surface area contributed by atoms with Gasteiger partial charge in [-0.05, 0) is 32.4 Å². The molecule has 0 unspecified atom stereocenters. The fourth-order valence-corrected chi connectivity index (χ4v) is 4.39. The Hall–Kier alpha value is -1.21. The van der Waals surface area contributed by atoms with Gasteiger partial charge in [0, 0.05) is 15.7 Å². The fraction of sp³-hybridized carbons (Fsp3) is 0.571. The molecule has 2 aromatic heterocycles. The molecular formula is C14H20N2O3S2. The number of thiophene rings is 1. The number of nitrogens with zero attached hydrogens (tertiary/aromatic N) is 2. The van der Waals surface area contributed by atoms with Crippen molar-refractivity contribution in [2.45, 2.75) is 51.5 Å². The third-order valence-electron chi connectivity index (χ3n) is 3.36. The van der Waals surface area contributed by atoms with Crippen LogP contribution in [0, 0.1) is 13.8 Å². The van der Waals surface area contributed by atoms with E-state index in [9.17, 15) is 8.42 Å². The zero-order valence-corrected chi connectivity index (χ0v) is 14.5. The number of sulfone groups is 1. The quantitative estimate of drug-likeness (QED) is 0.839. The van der Waals surface area contributed by atoms with Gasteiger partial charge in [0.25, 0.3) is 0 Å². The fourth-order valence-electron chi connectivity index (χ4n) is 1.97. The van der Waals surface area contributed by atoms with Crippen molar-refractivity contribution in [1.82, 2.24) is 10.1 Å². The summed E-state index contributed by atoms with van der Waals surface area (Å²) in [6.07, 6.45) is 0. The van der Waals surface area contributed by atoms with Gasteiger partial charge in [-0.25, -0.2) is 8.42 Å². The topological polar surface area (TPSA) is 73.1 Å². The molecule has 0 saturated heterocycles. The summed E-state index contributed by atoms with van der Waals surface area (Å²) in [5.41, 5.74) is 0.855. The van der Waals surface area contributed by atoms with Crippen molar-refractivity contribution in [3.05, 3.63) is 33.1 Å². The van der Waals surface area contributed by atoms with Gasteiger partial charge in [-0.2, -0.15) is 4.98 Å². The first kappa shape index (κ1) is 16.2. The molecule has 0 saturated carbocycles. The van der Waals surface area contributed by atoms with Gasteiger partial charge in [0.2, 0.25) is 5.89 Å². The molecule has 0 radical (unpaired) electrons. The smallest absolute Gasteiger partial charge is 0.244 e. The van der Waals surface area contributed by atoms with E-state index in [4.69, 9.17) is 4.52 Å². The van der Waals surface area contributed by atoms with E-state index >= 15 is 0 Å². The Morgan fingerprint density at radius 3 is 2.43 bits per heavy atom. The van der Waals surface area contributed by atoms with E-state index < -0.39 is 15.1 Å². The van der Waals surface area contributed by atoms with Crippen molar-refractivity contribution in [2.24, 2.45) is 0 Å². The maximum atomic E-state index is 12.5. The summed E-state index contributed by atoms with van der Waals surface area (Å²) < 4.78 is 30.1. The Labute approximate surface area is 129 Å². The Kier molecular flexibility index (Phi) is 4.53. The highest BCUT2D eigenvalue weighted by Gasteiger charge is 2.29. The van der Waals surface area contributed by atoms with Gasteiger partial charge in [-0.1, -0.05) is 19.0 Å². The van der Waals surface area contributed by atoms with Gasteiger partial charge in [0.15, 0.2) is 15.7 Å². The van der Waals surface area contributed by atoms with Crippen LogP contribution in [0.4, 0.5) is 0 Å². The highest BCUT2D eigenvalue weighted by molar-refractivity contribution is 7.90. The van der Waals surface area contributed by atoms with Crippen LogP contribution in [-0.2, 0) is 15.6 Å². The summed E-state index contributed by atoms with van der Waals surface area (Å²) in [5.74, 6) is 0.820. The minimum atomic E-state index is -3.38. The van der Waals surface area contributed by atoms with Crippen LogP contribution in [-0.4, -0.2) is 18.6 Å². The molecule has 116 valence electrons. The van der Waals surface area contributed by atoms with Crippen molar-refractivity contribution in [2.75, 3.05) is 0 Å². The van der Waals surface area contributed by atoms with E-state index in [1.165, 1.54) is 0 Å². The van der Waals surface area contributed by atoms with Crippen LogP contribution in [0.3, 0.4) is 0 Å². The minimum absolute atomic E-state index is 0.00370. The van der Waals surface area contributed by atoms with Crippen molar-refractivity contribution >= 4 is 21.2 Å². The molecule has 1 atom stereocenters. The maximum Gasteiger partial charge on any atom is 0.244 e. The van der Waals surface area contributed by atoms with Gasteiger partial charge in [-0.15, -0.1) is 11.3 Å². The molecule has 0 bridgehead atoms. The highest BCUT2D eigenvalue weighted by atomic mass is 32.2. The molecule has 2 aromatic rings. The molecule has 0 aromatic carbocycles. The molecule has 2 heterocycles. The predicted octanol–water partition coefficient (Wildman–Crippen LogP) is 3.55. The summed E-state index contributed by atoms with van der Waals surface area (Å²) in [6, 6.07) is 1.93. The summed E-state index contributed by atoms with van der Waals surface area (Å²) in [6.45, 7) is 9.39. The van der Waals surface area contributed by atoms with E-state index in [1.807, 2.05) is 33.8 Å². The first-order valence-corrected chi connectivity index (χ1v) is 9.35. The normalized spacial score (nSPS) is 13.8. The first-order chi connectivity index (χ1) is 9.70. The SMILES string of the molecule is Cc1cc(CS(=O)(=O)[C@@H](C)c2nc(C(C)C)no2)c(C)s1. The molecule has 5 nitrogen and oxygen atoms in total. The first-order valence-electron chi connectivity index (χ1n) is 6.81. The average Bonchev–Trinajstić information content (AvgIpc) is 2.96. The number of hydrogen-bond donors (Lipinski definition) is 0.